The lowest BCUT2D eigenvalue weighted by Gasteiger charge is -2.11. The topological polar surface area (TPSA) is 54.3 Å². The molecule has 5 heteroatoms. The minimum absolute atomic E-state index is 0.231. The zero-order valence-electron chi connectivity index (χ0n) is 11.1. The average molecular weight is 272 g/mol. The number of nitrogens with one attached hydrogen (secondary N) is 1. The Morgan fingerprint density at radius 3 is 2.20 bits per heavy atom. The average Bonchev–Trinajstić information content (AvgIpc) is 2.49. The minimum atomic E-state index is -0.433. The van der Waals surface area contributed by atoms with Gasteiger partial charge in [0, 0.05) is 12.1 Å². The van der Waals surface area contributed by atoms with E-state index < -0.39 is 5.82 Å². The van der Waals surface area contributed by atoms with Gasteiger partial charge in [0.2, 0.25) is 0 Å². The maximum atomic E-state index is 13.8. The third-order valence-electron chi connectivity index (χ3n) is 2.79. The molecule has 0 unspecified atom stereocenters. The van der Waals surface area contributed by atoms with Crippen LogP contribution in [0.2, 0.25) is 0 Å². The van der Waals surface area contributed by atoms with E-state index in [-0.39, 0.29) is 5.69 Å². The van der Waals surface area contributed by atoms with Crippen molar-refractivity contribution >= 4 is 11.4 Å². The van der Waals surface area contributed by atoms with E-state index in [2.05, 4.69) is 5.32 Å². The second kappa shape index (κ2) is 5.93. The Labute approximate surface area is 116 Å². The van der Waals surface area contributed by atoms with Crippen LogP contribution in [-0.4, -0.2) is 14.2 Å². The molecule has 0 aliphatic heterocycles. The summed E-state index contributed by atoms with van der Waals surface area (Å²) in [6.45, 7) is 0. The number of benzene rings is 2. The van der Waals surface area contributed by atoms with E-state index in [0.29, 0.717) is 22.7 Å². The van der Waals surface area contributed by atoms with Crippen LogP contribution in [0.25, 0.3) is 0 Å². The largest absolute Gasteiger partial charge is 0.497 e. The van der Waals surface area contributed by atoms with Crippen LogP contribution in [0.5, 0.6) is 11.5 Å². The highest BCUT2D eigenvalue weighted by Crippen LogP contribution is 2.28. The van der Waals surface area contributed by atoms with Gasteiger partial charge in [-0.25, -0.2) is 4.39 Å². The van der Waals surface area contributed by atoms with Crippen LogP contribution in [0.1, 0.15) is 5.56 Å². The molecule has 2 rings (SSSR count). The highest BCUT2D eigenvalue weighted by molar-refractivity contribution is 5.69. The number of anilines is 2. The Morgan fingerprint density at radius 1 is 1.00 bits per heavy atom. The molecule has 0 atom stereocenters. The van der Waals surface area contributed by atoms with Crippen molar-refractivity contribution in [3.8, 4) is 17.6 Å². The molecule has 2 aromatic carbocycles. The summed E-state index contributed by atoms with van der Waals surface area (Å²) in [6, 6.07) is 11.3. The molecule has 0 saturated carbocycles. The molecule has 2 aromatic rings. The van der Waals surface area contributed by atoms with Crippen LogP contribution in [0.3, 0.4) is 0 Å². The number of nitrogens with zero attached hydrogens (tertiary/aromatic N) is 1. The minimum Gasteiger partial charge on any atom is -0.497 e. The lowest BCUT2D eigenvalue weighted by Crippen LogP contribution is -1.98. The fourth-order valence-electron chi connectivity index (χ4n) is 1.72. The molecule has 0 fully saturated rings. The maximum Gasteiger partial charge on any atom is 0.146 e. The summed E-state index contributed by atoms with van der Waals surface area (Å²) in [5.74, 6) is 0.669. The fourth-order valence-corrected chi connectivity index (χ4v) is 1.72. The van der Waals surface area contributed by atoms with Gasteiger partial charge in [0.15, 0.2) is 0 Å². The van der Waals surface area contributed by atoms with Crippen molar-refractivity contribution in [1.29, 1.82) is 5.26 Å². The Kier molecular flexibility index (Phi) is 4.06. The highest BCUT2D eigenvalue weighted by atomic mass is 19.1. The van der Waals surface area contributed by atoms with Crippen LogP contribution >= 0.6 is 0 Å². The standard InChI is InChI=1S/C15H13FN2O2/c1-19-11-4-3-10(9-17)14(7-11)18-15-8-12(20-2)5-6-13(15)16/h3-8,18H,1-2H3. The van der Waals surface area contributed by atoms with E-state index in [9.17, 15) is 4.39 Å². The summed E-state index contributed by atoms with van der Waals surface area (Å²) >= 11 is 0. The first-order valence-corrected chi connectivity index (χ1v) is 5.86. The van der Waals surface area contributed by atoms with E-state index in [1.54, 1.807) is 18.2 Å². The van der Waals surface area contributed by atoms with Gasteiger partial charge in [-0.3, -0.25) is 0 Å². The first-order valence-electron chi connectivity index (χ1n) is 5.86. The predicted molar refractivity (Wildman–Crippen MR) is 73.9 cm³/mol. The Morgan fingerprint density at radius 2 is 1.60 bits per heavy atom. The molecule has 1 N–H and O–H groups in total. The van der Waals surface area contributed by atoms with Crippen molar-refractivity contribution in [1.82, 2.24) is 0 Å². The zero-order valence-corrected chi connectivity index (χ0v) is 11.1. The predicted octanol–water partition coefficient (Wildman–Crippen LogP) is 3.46. The molecule has 0 radical (unpaired) electrons. The van der Waals surface area contributed by atoms with Gasteiger partial charge >= 0.3 is 0 Å². The summed E-state index contributed by atoms with van der Waals surface area (Å²) in [7, 11) is 3.03. The number of halogens is 1. The fraction of sp³-hybridized carbons (Fsp3) is 0.133. The zero-order chi connectivity index (χ0) is 14.5. The van der Waals surface area contributed by atoms with Crippen LogP contribution in [-0.2, 0) is 0 Å². The molecule has 0 spiro atoms. The molecular formula is C15H13FN2O2. The third kappa shape index (κ3) is 2.81. The van der Waals surface area contributed by atoms with Gasteiger partial charge in [0.1, 0.15) is 23.4 Å². The van der Waals surface area contributed by atoms with Gasteiger partial charge in [-0.15, -0.1) is 0 Å². The molecule has 0 saturated heterocycles. The van der Waals surface area contributed by atoms with Crippen LogP contribution in [0.4, 0.5) is 15.8 Å². The number of hydrogen-bond donors (Lipinski definition) is 1. The summed E-state index contributed by atoms with van der Waals surface area (Å²) in [5.41, 5.74) is 1.10. The van der Waals surface area contributed by atoms with E-state index in [1.165, 1.54) is 32.4 Å². The SMILES string of the molecule is COc1ccc(F)c(Nc2cc(OC)ccc2C#N)c1. The summed E-state index contributed by atoms with van der Waals surface area (Å²) in [5, 5.41) is 12.0. The number of methoxy groups -OCH3 is 2. The lowest BCUT2D eigenvalue weighted by atomic mass is 10.1. The van der Waals surface area contributed by atoms with E-state index >= 15 is 0 Å². The summed E-state index contributed by atoms with van der Waals surface area (Å²) in [6.07, 6.45) is 0. The molecule has 0 aromatic heterocycles. The molecule has 0 aliphatic carbocycles. The Hall–Kier alpha value is -2.74. The van der Waals surface area contributed by atoms with Crippen molar-refractivity contribution in [2.24, 2.45) is 0 Å². The summed E-state index contributed by atoms with van der Waals surface area (Å²) in [4.78, 5) is 0. The molecule has 0 heterocycles. The lowest BCUT2D eigenvalue weighted by molar-refractivity contribution is 0.414. The Balaban J connectivity index is 2.41. The molecule has 102 valence electrons. The van der Waals surface area contributed by atoms with Crippen LogP contribution in [0.15, 0.2) is 36.4 Å². The number of ether oxygens (including phenoxy) is 2. The third-order valence-corrected chi connectivity index (χ3v) is 2.79. The van der Waals surface area contributed by atoms with Crippen molar-refractivity contribution in [2.45, 2.75) is 0 Å². The van der Waals surface area contributed by atoms with E-state index in [0.717, 1.165) is 0 Å². The van der Waals surface area contributed by atoms with E-state index in [4.69, 9.17) is 14.7 Å². The maximum absolute atomic E-state index is 13.8. The number of nitriles is 1. The van der Waals surface area contributed by atoms with Gasteiger partial charge in [0.25, 0.3) is 0 Å². The monoisotopic (exact) mass is 272 g/mol. The molecule has 0 aliphatic rings. The van der Waals surface area contributed by atoms with Gasteiger partial charge in [-0.2, -0.15) is 5.26 Å². The number of rotatable bonds is 4. The molecule has 0 amide bonds. The van der Waals surface area contributed by atoms with Crippen molar-refractivity contribution in [3.63, 3.8) is 0 Å². The van der Waals surface area contributed by atoms with Gasteiger partial charge in [-0.05, 0) is 24.3 Å². The molecular weight excluding hydrogens is 259 g/mol. The highest BCUT2D eigenvalue weighted by Gasteiger charge is 2.09. The molecule has 20 heavy (non-hydrogen) atoms. The molecule has 4 nitrogen and oxygen atoms in total. The van der Waals surface area contributed by atoms with Gasteiger partial charge in [0.05, 0.1) is 31.2 Å². The normalized spacial score (nSPS) is 9.70. The number of hydrogen-bond acceptors (Lipinski definition) is 4. The van der Waals surface area contributed by atoms with Crippen molar-refractivity contribution in [3.05, 3.63) is 47.8 Å². The van der Waals surface area contributed by atoms with Crippen molar-refractivity contribution in [2.75, 3.05) is 19.5 Å². The quantitative estimate of drug-likeness (QED) is 0.926. The van der Waals surface area contributed by atoms with Crippen molar-refractivity contribution < 1.29 is 13.9 Å². The van der Waals surface area contributed by atoms with E-state index in [1.807, 2.05) is 6.07 Å². The van der Waals surface area contributed by atoms with Gasteiger partial charge in [-0.1, -0.05) is 0 Å². The summed E-state index contributed by atoms with van der Waals surface area (Å²) < 4.78 is 23.9. The second-order valence-corrected chi connectivity index (χ2v) is 3.99. The second-order valence-electron chi connectivity index (χ2n) is 3.99. The first kappa shape index (κ1) is 13.7. The molecule has 0 bridgehead atoms. The first-order chi connectivity index (χ1) is 9.67. The van der Waals surface area contributed by atoms with Crippen LogP contribution < -0.4 is 14.8 Å². The Bertz CT molecular complexity index is 665. The smallest absolute Gasteiger partial charge is 0.146 e. The van der Waals surface area contributed by atoms with Gasteiger partial charge < -0.3 is 14.8 Å². The van der Waals surface area contributed by atoms with Crippen LogP contribution in [0, 0.1) is 17.1 Å².